The number of aromatic nitrogens is 2. The first-order chi connectivity index (χ1) is 12.7. The number of pyridine rings is 2. The highest BCUT2D eigenvalue weighted by molar-refractivity contribution is 5.73. The first-order valence-corrected chi connectivity index (χ1v) is 9.17. The van der Waals surface area contributed by atoms with Gasteiger partial charge in [-0.25, -0.2) is 0 Å². The summed E-state index contributed by atoms with van der Waals surface area (Å²) in [6.07, 6.45) is 5.61. The molecule has 142 valence electrons. The van der Waals surface area contributed by atoms with Crippen LogP contribution < -0.4 is 5.73 Å². The van der Waals surface area contributed by atoms with E-state index < -0.39 is 12.0 Å². The zero-order valence-corrected chi connectivity index (χ0v) is 15.7. The van der Waals surface area contributed by atoms with E-state index in [1.54, 1.807) is 12.4 Å². The molecule has 3 N–H and O–H groups in total. The van der Waals surface area contributed by atoms with Crippen LogP contribution in [0, 0.1) is 0 Å². The van der Waals surface area contributed by atoms with E-state index in [0.717, 1.165) is 24.2 Å². The molecule has 0 aliphatic carbocycles. The van der Waals surface area contributed by atoms with Crippen molar-refractivity contribution in [1.82, 2.24) is 14.9 Å². The summed E-state index contributed by atoms with van der Waals surface area (Å²) in [7, 11) is 0. The number of rotatable bonds is 10. The summed E-state index contributed by atoms with van der Waals surface area (Å²) in [6.45, 7) is 5.51. The fourth-order valence-corrected chi connectivity index (χ4v) is 2.62. The van der Waals surface area contributed by atoms with E-state index in [4.69, 9.17) is 5.73 Å². The quantitative estimate of drug-likeness (QED) is 0.634. The molecule has 0 saturated carbocycles. The molecule has 2 rings (SSSR count). The summed E-state index contributed by atoms with van der Waals surface area (Å²) in [5.74, 6) is -0.820. The van der Waals surface area contributed by atoms with Crippen molar-refractivity contribution in [2.75, 3.05) is 6.54 Å². The summed E-state index contributed by atoms with van der Waals surface area (Å²) in [6, 6.07) is 10.7. The zero-order valence-electron chi connectivity index (χ0n) is 15.7. The van der Waals surface area contributed by atoms with Crippen LogP contribution in [0.5, 0.6) is 0 Å². The number of aliphatic carboxylic acids is 1. The van der Waals surface area contributed by atoms with Gasteiger partial charge in [0.05, 0.1) is 11.4 Å². The van der Waals surface area contributed by atoms with Crippen LogP contribution in [-0.4, -0.2) is 38.5 Å². The largest absolute Gasteiger partial charge is 0.480 e. The topological polar surface area (TPSA) is 92.3 Å². The van der Waals surface area contributed by atoms with Gasteiger partial charge in [0.15, 0.2) is 0 Å². The maximum absolute atomic E-state index is 11.8. The van der Waals surface area contributed by atoms with Crippen LogP contribution in [0.15, 0.2) is 48.8 Å². The second kappa shape index (κ2) is 13.0. The minimum atomic E-state index is -0.820. The fraction of sp³-hybridized carbons (Fsp3) is 0.450. The lowest BCUT2D eigenvalue weighted by Crippen LogP contribution is -2.40. The summed E-state index contributed by atoms with van der Waals surface area (Å²) >= 11 is 0. The Morgan fingerprint density at radius 1 is 1.04 bits per heavy atom. The van der Waals surface area contributed by atoms with E-state index in [2.05, 4.69) is 9.97 Å². The minimum Gasteiger partial charge on any atom is -0.480 e. The zero-order chi connectivity index (χ0) is 19.2. The van der Waals surface area contributed by atoms with Gasteiger partial charge in [-0.1, -0.05) is 32.4 Å². The number of carboxylic acid groups (broad SMARTS) is 1. The third-order valence-electron chi connectivity index (χ3n) is 3.84. The predicted octanol–water partition coefficient (Wildman–Crippen LogP) is 3.09. The minimum absolute atomic E-state index is 0.469. The van der Waals surface area contributed by atoms with Crippen LogP contribution in [0.4, 0.5) is 0 Å². The second-order valence-electron chi connectivity index (χ2n) is 5.69. The molecule has 26 heavy (non-hydrogen) atoms. The van der Waals surface area contributed by atoms with Crippen molar-refractivity contribution in [3.63, 3.8) is 0 Å². The monoisotopic (exact) mass is 358 g/mol. The molecule has 2 aromatic heterocycles. The van der Waals surface area contributed by atoms with Gasteiger partial charge in [-0.05, 0) is 43.7 Å². The highest BCUT2D eigenvalue weighted by Crippen LogP contribution is 2.16. The van der Waals surface area contributed by atoms with Gasteiger partial charge in [-0.2, -0.15) is 0 Å². The molecule has 0 spiro atoms. The third kappa shape index (κ3) is 7.72. The molecular weight excluding hydrogens is 328 g/mol. The van der Waals surface area contributed by atoms with E-state index >= 15 is 0 Å². The van der Waals surface area contributed by atoms with E-state index in [1.807, 2.05) is 55.1 Å². The van der Waals surface area contributed by atoms with Gasteiger partial charge >= 0.3 is 5.97 Å². The Bertz CT molecular complexity index is 566. The average molecular weight is 358 g/mol. The maximum atomic E-state index is 11.8. The molecule has 1 atom stereocenters. The highest BCUT2D eigenvalue weighted by Gasteiger charge is 2.26. The highest BCUT2D eigenvalue weighted by atomic mass is 16.4. The van der Waals surface area contributed by atoms with Crippen molar-refractivity contribution < 1.29 is 9.90 Å². The summed E-state index contributed by atoms with van der Waals surface area (Å²) < 4.78 is 0. The lowest BCUT2D eigenvalue weighted by Gasteiger charge is -2.28. The number of hydrogen-bond donors (Lipinski definition) is 2. The molecule has 1 unspecified atom stereocenters. The molecule has 6 nitrogen and oxygen atoms in total. The number of carboxylic acids is 1. The Labute approximate surface area is 156 Å². The van der Waals surface area contributed by atoms with Crippen molar-refractivity contribution in [3.05, 3.63) is 60.2 Å². The van der Waals surface area contributed by atoms with Crippen molar-refractivity contribution in [2.45, 2.75) is 52.2 Å². The lowest BCUT2D eigenvalue weighted by atomic mass is 10.1. The number of carbonyl (C=O) groups is 1. The number of nitrogens with zero attached hydrogens (tertiary/aromatic N) is 3. The molecule has 0 saturated heterocycles. The Morgan fingerprint density at radius 3 is 1.96 bits per heavy atom. The first-order valence-electron chi connectivity index (χ1n) is 9.17. The van der Waals surface area contributed by atoms with Crippen LogP contribution in [0.2, 0.25) is 0 Å². The molecule has 6 heteroatoms. The molecule has 0 bridgehead atoms. The standard InChI is InChI=1S/C18H24N4O2.C2H6/c19-10-4-1-9-17(18(23)24)22(13-15-7-2-5-11-20-15)14-16-8-3-6-12-21-16;1-2/h2-3,5-8,11-12,17H,1,4,9-10,13-14,19H2,(H,23,24);1-2H3. The van der Waals surface area contributed by atoms with Crippen molar-refractivity contribution in [1.29, 1.82) is 0 Å². The second-order valence-corrected chi connectivity index (χ2v) is 5.69. The van der Waals surface area contributed by atoms with E-state index in [9.17, 15) is 9.90 Å². The van der Waals surface area contributed by atoms with Gasteiger partial charge < -0.3 is 10.8 Å². The summed E-state index contributed by atoms with van der Waals surface area (Å²) in [5.41, 5.74) is 7.22. The van der Waals surface area contributed by atoms with E-state index in [-0.39, 0.29) is 0 Å². The summed E-state index contributed by atoms with van der Waals surface area (Å²) in [4.78, 5) is 22.4. The van der Waals surface area contributed by atoms with Gasteiger partial charge in [-0.3, -0.25) is 19.7 Å². The Balaban J connectivity index is 0.00000163. The van der Waals surface area contributed by atoms with Crippen molar-refractivity contribution in [2.24, 2.45) is 5.73 Å². The molecule has 0 aliphatic rings. The Hall–Kier alpha value is -2.31. The molecule has 0 radical (unpaired) electrons. The predicted molar refractivity (Wildman–Crippen MR) is 103 cm³/mol. The Kier molecular flexibility index (Phi) is 10.8. The lowest BCUT2D eigenvalue weighted by molar-refractivity contribution is -0.144. The van der Waals surface area contributed by atoms with E-state index in [0.29, 0.717) is 26.1 Å². The molecule has 0 fully saturated rings. The summed E-state index contributed by atoms with van der Waals surface area (Å²) in [5, 5.41) is 9.69. The van der Waals surface area contributed by atoms with E-state index in [1.165, 1.54) is 0 Å². The first kappa shape index (κ1) is 21.7. The average Bonchev–Trinajstić information content (AvgIpc) is 2.68. The van der Waals surface area contributed by atoms with Crippen LogP contribution in [0.25, 0.3) is 0 Å². The van der Waals surface area contributed by atoms with Gasteiger partial charge in [0.25, 0.3) is 0 Å². The van der Waals surface area contributed by atoms with Crippen LogP contribution in [-0.2, 0) is 17.9 Å². The molecule has 2 aromatic rings. The molecule has 0 aliphatic heterocycles. The van der Waals surface area contributed by atoms with Gasteiger partial charge in [-0.15, -0.1) is 0 Å². The smallest absolute Gasteiger partial charge is 0.320 e. The molecule has 2 heterocycles. The fourth-order valence-electron chi connectivity index (χ4n) is 2.62. The molecular formula is C20H30N4O2. The number of nitrogens with two attached hydrogens (primary N) is 1. The van der Waals surface area contributed by atoms with Crippen LogP contribution in [0.3, 0.4) is 0 Å². The normalized spacial score (nSPS) is 11.5. The molecule has 0 aromatic carbocycles. The maximum Gasteiger partial charge on any atom is 0.320 e. The SMILES string of the molecule is CC.NCCCCC(C(=O)O)N(Cc1ccccn1)Cc1ccccn1. The number of unbranched alkanes of at least 4 members (excludes halogenated alkanes) is 1. The van der Waals surface area contributed by atoms with Gasteiger partial charge in [0.2, 0.25) is 0 Å². The van der Waals surface area contributed by atoms with Crippen molar-refractivity contribution >= 4 is 5.97 Å². The van der Waals surface area contributed by atoms with Crippen LogP contribution >= 0.6 is 0 Å². The van der Waals surface area contributed by atoms with Crippen LogP contribution in [0.1, 0.15) is 44.5 Å². The Morgan fingerprint density at radius 2 is 1.58 bits per heavy atom. The van der Waals surface area contributed by atoms with Gasteiger partial charge in [0.1, 0.15) is 6.04 Å². The van der Waals surface area contributed by atoms with Gasteiger partial charge in [0, 0.05) is 25.5 Å². The van der Waals surface area contributed by atoms with Crippen molar-refractivity contribution in [3.8, 4) is 0 Å². The number of hydrogen-bond acceptors (Lipinski definition) is 5. The molecule has 0 amide bonds. The third-order valence-corrected chi connectivity index (χ3v) is 3.84.